The van der Waals surface area contributed by atoms with Crippen molar-refractivity contribution in [1.82, 2.24) is 4.98 Å². The zero-order valence-electron chi connectivity index (χ0n) is 7.69. The van der Waals surface area contributed by atoms with E-state index in [1.807, 2.05) is 12.1 Å². The first kappa shape index (κ1) is 11.6. The van der Waals surface area contributed by atoms with Crippen LogP contribution < -0.4 is 10.6 Å². The minimum Gasteiger partial charge on any atom is -0.356 e. The molecule has 0 aliphatic carbocycles. The highest BCUT2D eigenvalue weighted by Crippen LogP contribution is 2.22. The standard InChI is InChI=1S/C9H12ClN3.ClH/c10-8-2-1-3-9(12-8)13-5-7(4-11)6-13;/h1-3,7H,4-6,11H2;1H. The number of hydrogen-bond acceptors (Lipinski definition) is 3. The summed E-state index contributed by atoms with van der Waals surface area (Å²) in [7, 11) is 0. The van der Waals surface area contributed by atoms with Gasteiger partial charge in [-0.3, -0.25) is 0 Å². The lowest BCUT2D eigenvalue weighted by molar-refractivity contribution is 0.417. The fourth-order valence-corrected chi connectivity index (χ4v) is 1.64. The van der Waals surface area contributed by atoms with Gasteiger partial charge in [0, 0.05) is 19.0 Å². The monoisotopic (exact) mass is 233 g/mol. The highest BCUT2D eigenvalue weighted by Gasteiger charge is 2.26. The molecule has 0 unspecified atom stereocenters. The molecule has 1 aromatic heterocycles. The summed E-state index contributed by atoms with van der Waals surface area (Å²) in [6, 6.07) is 5.67. The van der Waals surface area contributed by atoms with Crippen LogP contribution >= 0.6 is 24.0 Å². The Morgan fingerprint density at radius 1 is 1.50 bits per heavy atom. The van der Waals surface area contributed by atoms with Crippen LogP contribution in [0.1, 0.15) is 0 Å². The maximum atomic E-state index is 5.78. The van der Waals surface area contributed by atoms with E-state index in [-0.39, 0.29) is 12.4 Å². The van der Waals surface area contributed by atoms with Crippen LogP contribution in [0, 0.1) is 5.92 Å². The molecule has 0 amide bonds. The van der Waals surface area contributed by atoms with Gasteiger partial charge in [0.1, 0.15) is 11.0 Å². The number of hydrogen-bond donors (Lipinski definition) is 1. The lowest BCUT2D eigenvalue weighted by atomic mass is 10.0. The van der Waals surface area contributed by atoms with E-state index in [0.29, 0.717) is 11.1 Å². The Hall–Kier alpha value is -0.510. The molecule has 78 valence electrons. The second kappa shape index (κ2) is 4.82. The molecule has 0 saturated carbocycles. The summed E-state index contributed by atoms with van der Waals surface area (Å²) in [5.74, 6) is 1.58. The number of halogens is 2. The Morgan fingerprint density at radius 3 is 2.79 bits per heavy atom. The number of pyridine rings is 1. The SMILES string of the molecule is Cl.NCC1CN(c2cccc(Cl)n2)C1. The van der Waals surface area contributed by atoms with Crippen LogP contribution in [-0.2, 0) is 0 Å². The largest absolute Gasteiger partial charge is 0.356 e. The number of aromatic nitrogens is 1. The van der Waals surface area contributed by atoms with Gasteiger partial charge in [0.25, 0.3) is 0 Å². The Bertz CT molecular complexity index is 300. The second-order valence-corrected chi connectivity index (χ2v) is 3.71. The summed E-state index contributed by atoms with van der Waals surface area (Å²) in [5, 5.41) is 0.550. The van der Waals surface area contributed by atoms with Crippen molar-refractivity contribution in [3.05, 3.63) is 23.4 Å². The smallest absolute Gasteiger partial charge is 0.131 e. The van der Waals surface area contributed by atoms with Crippen LogP contribution in [0.25, 0.3) is 0 Å². The maximum Gasteiger partial charge on any atom is 0.131 e. The predicted molar refractivity (Wildman–Crippen MR) is 61.3 cm³/mol. The second-order valence-electron chi connectivity index (χ2n) is 3.33. The van der Waals surface area contributed by atoms with Gasteiger partial charge in [0.05, 0.1) is 0 Å². The fraction of sp³-hybridized carbons (Fsp3) is 0.444. The van der Waals surface area contributed by atoms with Gasteiger partial charge in [-0.05, 0) is 18.7 Å². The quantitative estimate of drug-likeness (QED) is 0.789. The predicted octanol–water partition coefficient (Wildman–Crippen LogP) is 1.55. The highest BCUT2D eigenvalue weighted by molar-refractivity contribution is 6.29. The van der Waals surface area contributed by atoms with E-state index in [2.05, 4.69) is 9.88 Å². The lowest BCUT2D eigenvalue weighted by Gasteiger charge is -2.39. The van der Waals surface area contributed by atoms with E-state index in [1.165, 1.54) is 0 Å². The molecule has 1 aliphatic rings. The third-order valence-corrected chi connectivity index (χ3v) is 2.53. The Morgan fingerprint density at radius 2 is 2.21 bits per heavy atom. The Balaban J connectivity index is 0.000000980. The van der Waals surface area contributed by atoms with Crippen molar-refractivity contribution < 1.29 is 0 Å². The van der Waals surface area contributed by atoms with Crippen LogP contribution in [-0.4, -0.2) is 24.6 Å². The summed E-state index contributed by atoms with van der Waals surface area (Å²) in [5.41, 5.74) is 5.53. The fourth-order valence-electron chi connectivity index (χ4n) is 1.48. The van der Waals surface area contributed by atoms with Crippen LogP contribution in [0.4, 0.5) is 5.82 Å². The van der Waals surface area contributed by atoms with Crippen molar-refractivity contribution in [2.75, 3.05) is 24.5 Å². The topological polar surface area (TPSA) is 42.1 Å². The molecule has 2 N–H and O–H groups in total. The van der Waals surface area contributed by atoms with Crippen molar-refractivity contribution in [2.45, 2.75) is 0 Å². The van der Waals surface area contributed by atoms with Gasteiger partial charge in [-0.15, -0.1) is 12.4 Å². The van der Waals surface area contributed by atoms with Gasteiger partial charge in [0.2, 0.25) is 0 Å². The zero-order valence-corrected chi connectivity index (χ0v) is 9.26. The molecule has 14 heavy (non-hydrogen) atoms. The summed E-state index contributed by atoms with van der Waals surface area (Å²) in [4.78, 5) is 6.40. The molecular weight excluding hydrogens is 221 g/mol. The minimum absolute atomic E-state index is 0. The summed E-state index contributed by atoms with van der Waals surface area (Å²) in [6.45, 7) is 2.77. The maximum absolute atomic E-state index is 5.78. The molecule has 1 aromatic rings. The molecule has 0 radical (unpaired) electrons. The molecule has 0 atom stereocenters. The van der Waals surface area contributed by atoms with Crippen molar-refractivity contribution in [2.24, 2.45) is 11.7 Å². The molecule has 0 aromatic carbocycles. The first-order valence-electron chi connectivity index (χ1n) is 4.37. The van der Waals surface area contributed by atoms with Gasteiger partial charge in [-0.25, -0.2) is 4.98 Å². The molecule has 2 heterocycles. The summed E-state index contributed by atoms with van der Waals surface area (Å²) in [6.07, 6.45) is 0. The molecule has 5 heteroatoms. The van der Waals surface area contributed by atoms with E-state index < -0.39 is 0 Å². The van der Waals surface area contributed by atoms with Crippen LogP contribution in [0.2, 0.25) is 5.15 Å². The van der Waals surface area contributed by atoms with Crippen molar-refractivity contribution >= 4 is 29.8 Å². The number of nitrogens with two attached hydrogens (primary N) is 1. The Labute approximate surface area is 94.7 Å². The van der Waals surface area contributed by atoms with Gasteiger partial charge < -0.3 is 10.6 Å². The first-order valence-corrected chi connectivity index (χ1v) is 4.75. The first-order chi connectivity index (χ1) is 6.29. The van der Waals surface area contributed by atoms with Crippen molar-refractivity contribution in [1.29, 1.82) is 0 Å². The van der Waals surface area contributed by atoms with Gasteiger partial charge >= 0.3 is 0 Å². The van der Waals surface area contributed by atoms with E-state index in [1.54, 1.807) is 6.07 Å². The number of nitrogens with zero attached hydrogens (tertiary/aromatic N) is 2. The normalized spacial score (nSPS) is 16.0. The van der Waals surface area contributed by atoms with Crippen molar-refractivity contribution in [3.63, 3.8) is 0 Å². The number of rotatable bonds is 2. The van der Waals surface area contributed by atoms with Crippen LogP contribution in [0.5, 0.6) is 0 Å². The molecule has 1 saturated heterocycles. The van der Waals surface area contributed by atoms with Crippen LogP contribution in [0.3, 0.4) is 0 Å². The summed E-state index contributed by atoms with van der Waals surface area (Å²) >= 11 is 5.78. The zero-order chi connectivity index (χ0) is 9.26. The van der Waals surface area contributed by atoms with Gasteiger partial charge in [-0.2, -0.15) is 0 Å². The molecule has 0 bridgehead atoms. The van der Waals surface area contributed by atoms with Gasteiger partial charge in [0.15, 0.2) is 0 Å². The summed E-state index contributed by atoms with van der Waals surface area (Å²) < 4.78 is 0. The Kier molecular flexibility index (Phi) is 3.98. The third-order valence-electron chi connectivity index (χ3n) is 2.31. The molecular formula is C9H13Cl2N3. The third kappa shape index (κ3) is 2.29. The number of anilines is 1. The van der Waals surface area contributed by atoms with E-state index in [0.717, 1.165) is 25.5 Å². The molecule has 1 fully saturated rings. The average Bonchev–Trinajstić information content (AvgIpc) is 2.02. The minimum atomic E-state index is 0. The highest BCUT2D eigenvalue weighted by atomic mass is 35.5. The van der Waals surface area contributed by atoms with Crippen molar-refractivity contribution in [3.8, 4) is 0 Å². The average molecular weight is 234 g/mol. The van der Waals surface area contributed by atoms with E-state index in [9.17, 15) is 0 Å². The lowest BCUT2D eigenvalue weighted by Crippen LogP contribution is -2.50. The molecule has 0 spiro atoms. The van der Waals surface area contributed by atoms with Crippen LogP contribution in [0.15, 0.2) is 18.2 Å². The molecule has 3 nitrogen and oxygen atoms in total. The van der Waals surface area contributed by atoms with E-state index >= 15 is 0 Å². The van der Waals surface area contributed by atoms with Gasteiger partial charge in [-0.1, -0.05) is 17.7 Å². The molecule has 2 rings (SSSR count). The van der Waals surface area contributed by atoms with E-state index in [4.69, 9.17) is 17.3 Å². The molecule has 1 aliphatic heterocycles.